The number of para-hydroxylation sites is 1. The Hall–Kier alpha value is -2.94. The maximum atomic E-state index is 13.2. The Kier molecular flexibility index (Phi) is 5.93. The molecule has 3 rings (SSSR count). The molecule has 9 heteroatoms. The van der Waals surface area contributed by atoms with Crippen LogP contribution in [0.15, 0.2) is 47.4 Å². The number of ether oxygens (including phenoxy) is 1. The van der Waals surface area contributed by atoms with E-state index in [1.54, 1.807) is 12.1 Å². The lowest BCUT2D eigenvalue weighted by atomic mass is 10.2. The SMILES string of the molecule is C[C@@H](OC(=O)CN1C(=O)CSc2ccccc21)C(=O)Nc1ccc(F)c(F)c1. The number of amides is 2. The molecule has 0 bridgehead atoms. The summed E-state index contributed by atoms with van der Waals surface area (Å²) in [6, 6.07) is 10.1. The molecule has 1 heterocycles. The number of esters is 1. The first-order valence-corrected chi connectivity index (χ1v) is 9.31. The smallest absolute Gasteiger partial charge is 0.326 e. The van der Waals surface area contributed by atoms with Gasteiger partial charge in [0, 0.05) is 16.6 Å². The van der Waals surface area contributed by atoms with E-state index >= 15 is 0 Å². The molecule has 0 radical (unpaired) electrons. The molecule has 1 aliphatic rings. The van der Waals surface area contributed by atoms with Crippen LogP contribution >= 0.6 is 11.8 Å². The van der Waals surface area contributed by atoms with Crippen molar-refractivity contribution in [2.75, 3.05) is 22.5 Å². The van der Waals surface area contributed by atoms with Crippen LogP contribution in [0.1, 0.15) is 6.92 Å². The van der Waals surface area contributed by atoms with Gasteiger partial charge in [0.1, 0.15) is 6.54 Å². The van der Waals surface area contributed by atoms with Crippen molar-refractivity contribution in [3.8, 4) is 0 Å². The first-order chi connectivity index (χ1) is 13.3. The number of carbonyl (C=O) groups is 3. The van der Waals surface area contributed by atoms with Crippen LogP contribution in [0.25, 0.3) is 0 Å². The van der Waals surface area contributed by atoms with Crippen LogP contribution in [0.3, 0.4) is 0 Å². The standard InChI is InChI=1S/C19H16F2N2O4S/c1-11(19(26)22-12-6-7-13(20)14(21)8-12)27-18(25)9-23-15-4-2-3-5-16(15)28-10-17(23)24/h2-8,11H,9-10H2,1H3,(H,22,26)/t11-/m1/s1. The van der Waals surface area contributed by atoms with Gasteiger partial charge in [-0.15, -0.1) is 11.8 Å². The van der Waals surface area contributed by atoms with Gasteiger partial charge in [-0.25, -0.2) is 8.78 Å². The minimum atomic E-state index is -1.19. The van der Waals surface area contributed by atoms with Gasteiger partial charge in [0.05, 0.1) is 11.4 Å². The summed E-state index contributed by atoms with van der Waals surface area (Å²) < 4.78 is 31.2. The summed E-state index contributed by atoms with van der Waals surface area (Å²) in [6.07, 6.45) is -1.19. The minimum Gasteiger partial charge on any atom is -0.451 e. The van der Waals surface area contributed by atoms with Crippen molar-refractivity contribution in [1.82, 2.24) is 0 Å². The Balaban J connectivity index is 1.60. The summed E-state index contributed by atoms with van der Waals surface area (Å²) in [7, 11) is 0. The van der Waals surface area contributed by atoms with Gasteiger partial charge in [-0.1, -0.05) is 12.1 Å². The van der Waals surface area contributed by atoms with Gasteiger partial charge in [0.25, 0.3) is 5.91 Å². The van der Waals surface area contributed by atoms with Crippen LogP contribution in [0.2, 0.25) is 0 Å². The molecule has 28 heavy (non-hydrogen) atoms. The van der Waals surface area contributed by atoms with Crippen molar-refractivity contribution >= 4 is 40.9 Å². The number of anilines is 2. The van der Waals surface area contributed by atoms with Crippen molar-refractivity contribution in [3.05, 3.63) is 54.1 Å². The Morgan fingerprint density at radius 1 is 1.21 bits per heavy atom. The summed E-state index contributed by atoms with van der Waals surface area (Å²) in [5.74, 6) is -3.65. The maximum absolute atomic E-state index is 13.2. The van der Waals surface area contributed by atoms with Gasteiger partial charge in [0.2, 0.25) is 5.91 Å². The van der Waals surface area contributed by atoms with Gasteiger partial charge >= 0.3 is 5.97 Å². The number of benzene rings is 2. The zero-order valence-corrected chi connectivity index (χ0v) is 15.6. The second-order valence-electron chi connectivity index (χ2n) is 5.99. The molecule has 0 fully saturated rings. The molecule has 1 N–H and O–H groups in total. The molecule has 0 spiro atoms. The predicted molar refractivity (Wildman–Crippen MR) is 100 cm³/mol. The Labute approximate surface area is 163 Å². The molecule has 1 aliphatic heterocycles. The van der Waals surface area contributed by atoms with E-state index in [2.05, 4.69) is 5.32 Å². The number of fused-ring (bicyclic) bond motifs is 1. The Morgan fingerprint density at radius 3 is 2.71 bits per heavy atom. The topological polar surface area (TPSA) is 75.7 Å². The van der Waals surface area contributed by atoms with Gasteiger partial charge in [0.15, 0.2) is 17.7 Å². The second kappa shape index (κ2) is 8.39. The van der Waals surface area contributed by atoms with Crippen LogP contribution in [0, 0.1) is 11.6 Å². The first-order valence-electron chi connectivity index (χ1n) is 8.32. The van der Waals surface area contributed by atoms with E-state index in [0.717, 1.165) is 17.0 Å². The quantitative estimate of drug-likeness (QED) is 0.773. The number of carbonyl (C=O) groups excluding carboxylic acids is 3. The number of halogens is 2. The molecule has 0 saturated heterocycles. The van der Waals surface area contributed by atoms with Crippen molar-refractivity contribution in [2.45, 2.75) is 17.9 Å². The third kappa shape index (κ3) is 4.48. The monoisotopic (exact) mass is 406 g/mol. The number of rotatable bonds is 5. The molecule has 0 saturated carbocycles. The highest BCUT2D eigenvalue weighted by molar-refractivity contribution is 8.00. The predicted octanol–water partition coefficient (Wildman–Crippen LogP) is 2.97. The van der Waals surface area contributed by atoms with Gasteiger partial charge in [-0.2, -0.15) is 0 Å². The number of hydrogen-bond acceptors (Lipinski definition) is 5. The molecule has 2 aromatic rings. The fraction of sp³-hybridized carbons (Fsp3) is 0.211. The number of nitrogens with zero attached hydrogens (tertiary/aromatic N) is 1. The highest BCUT2D eigenvalue weighted by atomic mass is 32.2. The largest absolute Gasteiger partial charge is 0.451 e. The Bertz CT molecular complexity index is 938. The summed E-state index contributed by atoms with van der Waals surface area (Å²) in [5, 5.41) is 2.34. The van der Waals surface area contributed by atoms with E-state index in [-0.39, 0.29) is 23.9 Å². The zero-order valence-electron chi connectivity index (χ0n) is 14.8. The maximum Gasteiger partial charge on any atom is 0.326 e. The van der Waals surface area contributed by atoms with Gasteiger partial charge in [-0.05, 0) is 31.2 Å². The summed E-state index contributed by atoms with van der Waals surface area (Å²) in [4.78, 5) is 38.7. The van der Waals surface area contributed by atoms with Crippen LogP contribution in [-0.2, 0) is 19.1 Å². The molecule has 146 valence electrons. The third-order valence-electron chi connectivity index (χ3n) is 3.96. The van der Waals surface area contributed by atoms with Crippen LogP contribution in [0.4, 0.5) is 20.2 Å². The normalized spacial score (nSPS) is 14.2. The fourth-order valence-corrected chi connectivity index (χ4v) is 3.50. The van der Waals surface area contributed by atoms with E-state index in [1.165, 1.54) is 29.7 Å². The van der Waals surface area contributed by atoms with E-state index in [1.807, 2.05) is 12.1 Å². The third-order valence-corrected chi connectivity index (χ3v) is 5.01. The summed E-state index contributed by atoms with van der Waals surface area (Å²) in [6.45, 7) is 1.01. The summed E-state index contributed by atoms with van der Waals surface area (Å²) >= 11 is 1.39. The molecule has 0 unspecified atom stereocenters. The number of nitrogens with one attached hydrogen (secondary N) is 1. The first kappa shape index (κ1) is 19.8. The average molecular weight is 406 g/mol. The molecular weight excluding hydrogens is 390 g/mol. The van der Waals surface area contributed by atoms with E-state index in [4.69, 9.17) is 4.74 Å². The Morgan fingerprint density at radius 2 is 1.96 bits per heavy atom. The van der Waals surface area contributed by atoms with Crippen molar-refractivity contribution in [1.29, 1.82) is 0 Å². The van der Waals surface area contributed by atoms with E-state index < -0.39 is 29.6 Å². The van der Waals surface area contributed by atoms with Crippen molar-refractivity contribution < 1.29 is 27.9 Å². The lowest BCUT2D eigenvalue weighted by Gasteiger charge is -2.28. The lowest BCUT2D eigenvalue weighted by molar-refractivity contribution is -0.152. The van der Waals surface area contributed by atoms with Crippen LogP contribution in [-0.4, -0.2) is 36.2 Å². The van der Waals surface area contributed by atoms with Crippen LogP contribution in [0.5, 0.6) is 0 Å². The minimum absolute atomic E-state index is 0.0314. The molecule has 2 amide bonds. The molecule has 6 nitrogen and oxygen atoms in total. The molecular formula is C19H16F2N2O4S. The highest BCUT2D eigenvalue weighted by Crippen LogP contribution is 2.34. The van der Waals surface area contributed by atoms with E-state index in [9.17, 15) is 23.2 Å². The zero-order chi connectivity index (χ0) is 20.3. The summed E-state index contributed by atoms with van der Waals surface area (Å²) in [5.41, 5.74) is 0.642. The van der Waals surface area contributed by atoms with Crippen LogP contribution < -0.4 is 10.2 Å². The highest BCUT2D eigenvalue weighted by Gasteiger charge is 2.28. The van der Waals surface area contributed by atoms with E-state index in [0.29, 0.717) is 5.69 Å². The average Bonchev–Trinajstić information content (AvgIpc) is 2.67. The number of thioether (sulfide) groups is 1. The second-order valence-corrected chi connectivity index (χ2v) is 7.00. The molecule has 0 aliphatic carbocycles. The molecule has 1 atom stereocenters. The fourth-order valence-electron chi connectivity index (χ4n) is 2.56. The van der Waals surface area contributed by atoms with Gasteiger partial charge in [-0.3, -0.25) is 19.3 Å². The molecule has 2 aromatic carbocycles. The van der Waals surface area contributed by atoms with Gasteiger partial charge < -0.3 is 10.1 Å². The lowest BCUT2D eigenvalue weighted by Crippen LogP contribution is -2.41. The molecule has 0 aromatic heterocycles. The van der Waals surface area contributed by atoms with Crippen molar-refractivity contribution in [3.63, 3.8) is 0 Å². The van der Waals surface area contributed by atoms with Crippen molar-refractivity contribution in [2.24, 2.45) is 0 Å². The number of hydrogen-bond donors (Lipinski definition) is 1.